The van der Waals surface area contributed by atoms with Crippen LogP contribution in [0.5, 0.6) is 0 Å². The standard InChI is InChI=1S/C26H31N3O/c1-7-19-8-10-22(11-9-19)28-25(30)21(16-27)13-20-14-23-18(3)15-26(4,5)29(6)24(23)12-17(20)2/h8-14,18H,7,15H2,1-6H3,(H,28,30)/b21-13-/t18-/m0/s1. The van der Waals surface area contributed by atoms with Crippen molar-refractivity contribution in [3.63, 3.8) is 0 Å². The first-order chi connectivity index (χ1) is 14.2. The number of carbonyl (C=O) groups excluding carboxylic acids is 1. The van der Waals surface area contributed by atoms with E-state index in [2.05, 4.69) is 63.2 Å². The molecule has 30 heavy (non-hydrogen) atoms. The fourth-order valence-corrected chi connectivity index (χ4v) is 4.22. The van der Waals surface area contributed by atoms with Gasteiger partial charge in [0, 0.05) is 24.0 Å². The van der Waals surface area contributed by atoms with Crippen molar-refractivity contribution in [3.05, 3.63) is 64.2 Å². The number of nitrogens with zero attached hydrogens (tertiary/aromatic N) is 2. The Labute approximate surface area is 180 Å². The summed E-state index contributed by atoms with van der Waals surface area (Å²) in [7, 11) is 2.14. The van der Waals surface area contributed by atoms with Crippen molar-refractivity contribution in [2.75, 3.05) is 17.3 Å². The highest BCUT2D eigenvalue weighted by Gasteiger charge is 2.34. The fraction of sp³-hybridized carbons (Fsp3) is 0.385. The first kappa shape index (κ1) is 21.6. The molecule has 1 aliphatic heterocycles. The minimum Gasteiger partial charge on any atom is -0.369 e. The highest BCUT2D eigenvalue weighted by molar-refractivity contribution is 6.09. The third-order valence-corrected chi connectivity index (χ3v) is 6.31. The maximum atomic E-state index is 12.7. The van der Waals surface area contributed by atoms with Gasteiger partial charge in [-0.3, -0.25) is 4.79 Å². The largest absolute Gasteiger partial charge is 0.369 e. The molecule has 0 saturated heterocycles. The first-order valence-electron chi connectivity index (χ1n) is 10.6. The molecule has 1 heterocycles. The van der Waals surface area contributed by atoms with Gasteiger partial charge >= 0.3 is 0 Å². The molecule has 1 N–H and O–H groups in total. The van der Waals surface area contributed by atoms with Crippen LogP contribution in [0.3, 0.4) is 0 Å². The molecule has 2 aromatic carbocycles. The summed E-state index contributed by atoms with van der Waals surface area (Å²) in [5.74, 6) is 0.0283. The number of rotatable bonds is 4. The van der Waals surface area contributed by atoms with E-state index >= 15 is 0 Å². The predicted molar refractivity (Wildman–Crippen MR) is 125 cm³/mol. The van der Waals surface area contributed by atoms with E-state index in [0.29, 0.717) is 11.6 Å². The Morgan fingerprint density at radius 1 is 1.30 bits per heavy atom. The second kappa shape index (κ2) is 8.36. The Balaban J connectivity index is 1.91. The second-order valence-corrected chi connectivity index (χ2v) is 8.92. The van der Waals surface area contributed by atoms with Crippen LogP contribution in [-0.2, 0) is 11.2 Å². The number of hydrogen-bond donors (Lipinski definition) is 1. The second-order valence-electron chi connectivity index (χ2n) is 8.92. The van der Waals surface area contributed by atoms with E-state index in [-0.39, 0.29) is 17.0 Å². The summed E-state index contributed by atoms with van der Waals surface area (Å²) in [6.45, 7) is 10.9. The molecule has 3 rings (SSSR count). The van der Waals surface area contributed by atoms with Crippen LogP contribution in [0.15, 0.2) is 42.0 Å². The number of nitriles is 1. The Morgan fingerprint density at radius 3 is 2.57 bits per heavy atom. The summed E-state index contributed by atoms with van der Waals surface area (Å²) in [5, 5.41) is 12.5. The Kier molecular flexibility index (Phi) is 6.03. The molecule has 4 heteroatoms. The zero-order chi connectivity index (χ0) is 22.1. The number of anilines is 2. The molecule has 1 aliphatic rings. The number of carbonyl (C=O) groups is 1. The van der Waals surface area contributed by atoms with Crippen LogP contribution in [0.4, 0.5) is 11.4 Å². The van der Waals surface area contributed by atoms with E-state index in [1.54, 1.807) is 6.08 Å². The summed E-state index contributed by atoms with van der Waals surface area (Å²) < 4.78 is 0. The minimum absolute atomic E-state index is 0.0985. The van der Waals surface area contributed by atoms with Crippen molar-refractivity contribution in [1.29, 1.82) is 5.26 Å². The lowest BCUT2D eigenvalue weighted by molar-refractivity contribution is -0.112. The van der Waals surface area contributed by atoms with Crippen LogP contribution in [-0.4, -0.2) is 18.5 Å². The molecule has 0 fully saturated rings. The predicted octanol–water partition coefficient (Wildman–Crippen LogP) is 5.83. The van der Waals surface area contributed by atoms with E-state index in [1.807, 2.05) is 31.2 Å². The molecule has 1 atom stereocenters. The van der Waals surface area contributed by atoms with Crippen molar-refractivity contribution in [2.45, 2.75) is 58.9 Å². The van der Waals surface area contributed by atoms with Gasteiger partial charge in [-0.2, -0.15) is 5.26 Å². The molecular weight excluding hydrogens is 370 g/mol. The number of fused-ring (bicyclic) bond motifs is 1. The van der Waals surface area contributed by atoms with Gasteiger partial charge in [-0.1, -0.05) is 26.0 Å². The summed E-state index contributed by atoms with van der Waals surface area (Å²) in [6, 6.07) is 14.1. The molecule has 0 radical (unpaired) electrons. The maximum absolute atomic E-state index is 12.7. The van der Waals surface area contributed by atoms with Gasteiger partial charge in [-0.15, -0.1) is 0 Å². The number of benzene rings is 2. The van der Waals surface area contributed by atoms with Gasteiger partial charge in [0.2, 0.25) is 0 Å². The highest BCUT2D eigenvalue weighted by atomic mass is 16.1. The zero-order valence-corrected chi connectivity index (χ0v) is 18.8. The molecule has 0 aliphatic carbocycles. The van der Waals surface area contributed by atoms with Gasteiger partial charge in [0.15, 0.2) is 0 Å². The zero-order valence-electron chi connectivity index (χ0n) is 18.8. The van der Waals surface area contributed by atoms with Crippen molar-refractivity contribution in [3.8, 4) is 6.07 Å². The summed E-state index contributed by atoms with van der Waals surface area (Å²) in [6.07, 6.45) is 3.71. The van der Waals surface area contributed by atoms with Crippen molar-refractivity contribution < 1.29 is 4.79 Å². The van der Waals surface area contributed by atoms with E-state index in [9.17, 15) is 10.1 Å². The van der Waals surface area contributed by atoms with Crippen LogP contribution in [0.25, 0.3) is 6.08 Å². The average Bonchev–Trinajstić information content (AvgIpc) is 2.71. The molecule has 0 unspecified atom stereocenters. The van der Waals surface area contributed by atoms with E-state index in [1.165, 1.54) is 16.8 Å². The molecule has 0 aromatic heterocycles. The van der Waals surface area contributed by atoms with Crippen LogP contribution in [0.2, 0.25) is 0 Å². The number of hydrogen-bond acceptors (Lipinski definition) is 3. The Hall–Kier alpha value is -3.06. The van der Waals surface area contributed by atoms with Crippen LogP contribution in [0, 0.1) is 18.3 Å². The van der Waals surface area contributed by atoms with Crippen molar-refractivity contribution >= 4 is 23.4 Å². The maximum Gasteiger partial charge on any atom is 0.266 e. The molecule has 0 saturated carbocycles. The van der Waals surface area contributed by atoms with E-state index < -0.39 is 0 Å². The van der Waals surface area contributed by atoms with Crippen molar-refractivity contribution in [1.82, 2.24) is 0 Å². The SMILES string of the molecule is CCc1ccc(NC(=O)/C(C#N)=C\c2cc3c(cc2C)N(C)C(C)(C)C[C@@H]3C)cc1. The highest BCUT2D eigenvalue weighted by Crippen LogP contribution is 2.43. The molecular formula is C26H31N3O. The molecule has 0 spiro atoms. The van der Waals surface area contributed by atoms with Crippen molar-refractivity contribution in [2.24, 2.45) is 0 Å². The average molecular weight is 402 g/mol. The van der Waals surface area contributed by atoms with Gasteiger partial charge in [0.25, 0.3) is 5.91 Å². The minimum atomic E-state index is -0.384. The van der Waals surface area contributed by atoms with Gasteiger partial charge in [-0.25, -0.2) is 0 Å². The first-order valence-corrected chi connectivity index (χ1v) is 10.6. The van der Waals surface area contributed by atoms with E-state index in [0.717, 1.165) is 24.0 Å². The smallest absolute Gasteiger partial charge is 0.266 e. The summed E-state index contributed by atoms with van der Waals surface area (Å²) >= 11 is 0. The lowest BCUT2D eigenvalue weighted by Crippen LogP contribution is -2.45. The molecule has 4 nitrogen and oxygen atoms in total. The molecule has 2 aromatic rings. The Morgan fingerprint density at radius 2 is 1.97 bits per heavy atom. The normalized spacial score (nSPS) is 17.8. The van der Waals surface area contributed by atoms with Gasteiger partial charge in [0.1, 0.15) is 11.6 Å². The Bertz CT molecular complexity index is 1030. The quantitative estimate of drug-likeness (QED) is 0.518. The van der Waals surface area contributed by atoms with Gasteiger partial charge in [-0.05, 0) is 92.1 Å². The third kappa shape index (κ3) is 4.26. The number of nitrogens with one attached hydrogen (secondary N) is 1. The topological polar surface area (TPSA) is 56.1 Å². The molecule has 0 bridgehead atoms. The van der Waals surface area contributed by atoms with Crippen LogP contribution < -0.4 is 10.2 Å². The lowest BCUT2D eigenvalue weighted by atomic mass is 9.79. The number of amides is 1. The van der Waals surface area contributed by atoms with Crippen LogP contribution in [0.1, 0.15) is 62.3 Å². The molecule has 1 amide bonds. The summed E-state index contributed by atoms with van der Waals surface area (Å²) in [4.78, 5) is 15.0. The van der Waals surface area contributed by atoms with Gasteiger partial charge in [0.05, 0.1) is 0 Å². The van der Waals surface area contributed by atoms with Crippen LogP contribution >= 0.6 is 0 Å². The van der Waals surface area contributed by atoms with E-state index in [4.69, 9.17) is 0 Å². The fourth-order valence-electron chi connectivity index (χ4n) is 4.22. The molecule has 156 valence electrons. The summed E-state index contributed by atoms with van der Waals surface area (Å²) in [5.41, 5.74) is 6.57. The number of aryl methyl sites for hydroxylation is 2. The van der Waals surface area contributed by atoms with Gasteiger partial charge < -0.3 is 10.2 Å². The third-order valence-electron chi connectivity index (χ3n) is 6.31. The monoisotopic (exact) mass is 401 g/mol. The lowest BCUT2D eigenvalue weighted by Gasteiger charge is -2.45.